The molecule has 15 heavy (non-hydrogen) atoms. The molecule has 0 radical (unpaired) electrons. The van der Waals surface area contributed by atoms with Crippen LogP contribution in [0.2, 0.25) is 0 Å². The Morgan fingerprint density at radius 2 is 2.07 bits per heavy atom. The quantitative estimate of drug-likeness (QED) is 0.815. The Balaban J connectivity index is 3.51. The van der Waals surface area contributed by atoms with Crippen molar-refractivity contribution < 1.29 is 13.2 Å². The lowest BCUT2D eigenvalue weighted by atomic mass is 10.2. The number of rotatable bonds is 3. The van der Waals surface area contributed by atoms with Gasteiger partial charge < -0.3 is 5.73 Å². The van der Waals surface area contributed by atoms with Crippen LogP contribution in [-0.2, 0) is 10.0 Å². The van der Waals surface area contributed by atoms with Gasteiger partial charge in [-0.2, -0.15) is 0 Å². The summed E-state index contributed by atoms with van der Waals surface area (Å²) in [6, 6.07) is 4.05. The molecule has 1 aromatic rings. The number of carbonyl (C=O) groups excluding carboxylic acids is 1. The summed E-state index contributed by atoms with van der Waals surface area (Å²) in [6.45, 7) is 0. The number of carbonyl (C=O) groups is 1. The maximum absolute atomic E-state index is 11.4. The van der Waals surface area contributed by atoms with Crippen molar-refractivity contribution in [3.8, 4) is 0 Å². The van der Waals surface area contributed by atoms with Crippen LogP contribution in [0.1, 0.15) is 10.4 Å². The average Bonchev–Trinajstić information content (AvgIpc) is 2.17. The van der Waals surface area contributed by atoms with Crippen molar-refractivity contribution in [3.63, 3.8) is 0 Å². The molecule has 0 aliphatic carbocycles. The summed E-state index contributed by atoms with van der Waals surface area (Å²) in [6.07, 6.45) is 0. The highest BCUT2D eigenvalue weighted by molar-refractivity contribution is 9.10. The molecule has 3 N–H and O–H groups in total. The number of benzene rings is 1. The van der Waals surface area contributed by atoms with E-state index in [1.165, 1.54) is 18.2 Å². The fourth-order valence-corrected chi connectivity index (χ4v) is 2.55. The molecule has 0 aliphatic rings. The average molecular weight is 314 g/mol. The van der Waals surface area contributed by atoms with Crippen molar-refractivity contribution in [1.29, 1.82) is 0 Å². The molecule has 0 bridgehead atoms. The van der Waals surface area contributed by atoms with Gasteiger partial charge in [-0.15, -0.1) is 4.24 Å². The SMILES string of the molecule is NC(=O)c1ccc(Br)cc1S(=O)(=O)NCl. The third kappa shape index (κ3) is 2.69. The van der Waals surface area contributed by atoms with Gasteiger partial charge in [0.25, 0.3) is 10.0 Å². The van der Waals surface area contributed by atoms with Crippen LogP contribution in [-0.4, -0.2) is 14.3 Å². The molecule has 0 atom stereocenters. The normalized spacial score (nSPS) is 11.3. The van der Waals surface area contributed by atoms with E-state index >= 15 is 0 Å². The maximum Gasteiger partial charge on any atom is 0.254 e. The van der Waals surface area contributed by atoms with Crippen LogP contribution in [0.15, 0.2) is 27.6 Å². The van der Waals surface area contributed by atoms with E-state index in [1.54, 1.807) is 4.24 Å². The molecule has 0 saturated heterocycles. The summed E-state index contributed by atoms with van der Waals surface area (Å²) in [7, 11) is -3.91. The molecule has 8 heteroatoms. The summed E-state index contributed by atoms with van der Waals surface area (Å²) in [5.41, 5.74) is 4.91. The number of amides is 1. The zero-order valence-corrected chi connectivity index (χ0v) is 10.4. The van der Waals surface area contributed by atoms with Crippen molar-refractivity contribution in [1.82, 2.24) is 4.24 Å². The van der Waals surface area contributed by atoms with E-state index in [0.717, 1.165) is 0 Å². The highest BCUT2D eigenvalue weighted by atomic mass is 79.9. The third-order valence-electron chi connectivity index (χ3n) is 1.60. The topological polar surface area (TPSA) is 89.3 Å². The van der Waals surface area contributed by atoms with Gasteiger partial charge in [-0.05, 0) is 30.0 Å². The van der Waals surface area contributed by atoms with Crippen LogP contribution >= 0.6 is 27.7 Å². The fraction of sp³-hybridized carbons (Fsp3) is 0. The number of nitrogens with one attached hydrogen (secondary N) is 1. The first kappa shape index (κ1) is 12.4. The summed E-state index contributed by atoms with van der Waals surface area (Å²) < 4.78 is 24.9. The Bertz CT molecular complexity index is 503. The number of hydrogen-bond acceptors (Lipinski definition) is 3. The first-order valence-corrected chi connectivity index (χ1v) is 6.25. The molecule has 0 unspecified atom stereocenters. The fourth-order valence-electron chi connectivity index (χ4n) is 0.964. The Labute approximate surface area is 99.9 Å². The van der Waals surface area contributed by atoms with E-state index < -0.39 is 15.9 Å². The van der Waals surface area contributed by atoms with Gasteiger partial charge in [-0.1, -0.05) is 15.9 Å². The van der Waals surface area contributed by atoms with Crippen LogP contribution in [0.25, 0.3) is 0 Å². The molecular formula is C7H6BrClN2O3S. The second-order valence-corrected chi connectivity index (χ2v) is 5.56. The number of nitrogens with two attached hydrogens (primary N) is 1. The zero-order chi connectivity index (χ0) is 11.6. The van der Waals surface area contributed by atoms with Crippen molar-refractivity contribution in [2.24, 2.45) is 5.73 Å². The standard InChI is InChI=1S/C7H6BrClN2O3S/c8-4-1-2-5(7(10)12)6(3-4)15(13,14)11-9/h1-3,11H,(H2,10,12). The molecule has 0 aromatic heterocycles. The summed E-state index contributed by atoms with van der Waals surface area (Å²) >= 11 is 8.13. The lowest BCUT2D eigenvalue weighted by Gasteiger charge is -2.06. The molecule has 1 aromatic carbocycles. The Hall–Kier alpha value is -0.630. The minimum absolute atomic E-state index is 0.119. The van der Waals surface area contributed by atoms with Gasteiger partial charge in [0.2, 0.25) is 5.91 Å². The summed E-state index contributed by atoms with van der Waals surface area (Å²) in [5.74, 6) is -0.840. The van der Waals surface area contributed by atoms with Gasteiger partial charge in [0, 0.05) is 4.47 Å². The lowest BCUT2D eigenvalue weighted by molar-refractivity contribution is 0.0997. The van der Waals surface area contributed by atoms with Gasteiger partial charge in [0.15, 0.2) is 0 Å². The predicted molar refractivity (Wildman–Crippen MR) is 58.8 cm³/mol. The van der Waals surface area contributed by atoms with Gasteiger partial charge >= 0.3 is 0 Å². The van der Waals surface area contributed by atoms with Crippen LogP contribution < -0.4 is 9.97 Å². The van der Waals surface area contributed by atoms with E-state index in [-0.39, 0.29) is 10.5 Å². The highest BCUT2D eigenvalue weighted by Gasteiger charge is 2.20. The van der Waals surface area contributed by atoms with Crippen LogP contribution in [0.3, 0.4) is 0 Å². The molecule has 0 saturated carbocycles. The number of sulfonamides is 1. The molecule has 0 aliphatic heterocycles. The van der Waals surface area contributed by atoms with Crippen molar-refractivity contribution >= 4 is 43.6 Å². The monoisotopic (exact) mass is 312 g/mol. The minimum atomic E-state index is -3.91. The van der Waals surface area contributed by atoms with Gasteiger partial charge in [0.1, 0.15) is 0 Å². The molecule has 5 nitrogen and oxygen atoms in total. The number of halogens is 2. The van der Waals surface area contributed by atoms with E-state index in [2.05, 4.69) is 15.9 Å². The Kier molecular flexibility index (Phi) is 3.72. The van der Waals surface area contributed by atoms with Crippen LogP contribution in [0.5, 0.6) is 0 Å². The van der Waals surface area contributed by atoms with Crippen LogP contribution in [0.4, 0.5) is 0 Å². The van der Waals surface area contributed by atoms with E-state index in [1.807, 2.05) is 0 Å². The number of primary amides is 1. The smallest absolute Gasteiger partial charge is 0.254 e. The van der Waals surface area contributed by atoms with Crippen molar-refractivity contribution in [2.75, 3.05) is 0 Å². The van der Waals surface area contributed by atoms with Gasteiger partial charge in [0.05, 0.1) is 10.5 Å². The Morgan fingerprint density at radius 1 is 1.47 bits per heavy atom. The molecule has 82 valence electrons. The minimum Gasteiger partial charge on any atom is -0.366 e. The lowest BCUT2D eigenvalue weighted by Crippen LogP contribution is -2.21. The van der Waals surface area contributed by atoms with Crippen molar-refractivity contribution in [3.05, 3.63) is 28.2 Å². The summed E-state index contributed by atoms with van der Waals surface area (Å²) in [4.78, 5) is 10.7. The van der Waals surface area contributed by atoms with Crippen molar-refractivity contribution in [2.45, 2.75) is 4.90 Å². The van der Waals surface area contributed by atoms with Gasteiger partial charge in [-0.25, -0.2) is 8.42 Å². The highest BCUT2D eigenvalue weighted by Crippen LogP contribution is 2.21. The zero-order valence-electron chi connectivity index (χ0n) is 7.20. The second-order valence-electron chi connectivity index (χ2n) is 2.59. The van der Waals surface area contributed by atoms with Gasteiger partial charge in [-0.3, -0.25) is 4.79 Å². The molecule has 0 heterocycles. The molecule has 1 amide bonds. The Morgan fingerprint density at radius 3 is 2.53 bits per heavy atom. The largest absolute Gasteiger partial charge is 0.366 e. The predicted octanol–water partition coefficient (Wildman–Crippen LogP) is 0.980. The molecule has 0 spiro atoms. The van der Waals surface area contributed by atoms with E-state index in [0.29, 0.717) is 4.47 Å². The molecular weight excluding hydrogens is 308 g/mol. The number of hydrogen-bond donors (Lipinski definition) is 2. The first-order chi connectivity index (χ1) is 6.88. The molecule has 1 rings (SSSR count). The maximum atomic E-state index is 11.4. The van der Waals surface area contributed by atoms with E-state index in [4.69, 9.17) is 17.5 Å². The summed E-state index contributed by atoms with van der Waals surface area (Å²) in [5, 5.41) is 0. The third-order valence-corrected chi connectivity index (χ3v) is 3.82. The van der Waals surface area contributed by atoms with E-state index in [9.17, 15) is 13.2 Å². The first-order valence-electron chi connectivity index (χ1n) is 3.60. The van der Waals surface area contributed by atoms with Crippen LogP contribution in [0, 0.1) is 0 Å². The molecule has 0 fully saturated rings. The second kappa shape index (κ2) is 4.48.